The number of hydrogen-bond donors (Lipinski definition) is 2. The van der Waals surface area contributed by atoms with Gasteiger partial charge in [-0.25, -0.2) is 4.79 Å². The van der Waals surface area contributed by atoms with Crippen molar-refractivity contribution in [3.63, 3.8) is 0 Å². The van der Waals surface area contributed by atoms with Crippen LogP contribution in [-0.4, -0.2) is 47.4 Å². The summed E-state index contributed by atoms with van der Waals surface area (Å²) in [6, 6.07) is 0.131. The molecule has 80 valence electrons. The minimum Gasteiger partial charge on any atom is -0.465 e. The Kier molecular flexibility index (Phi) is 2.36. The van der Waals surface area contributed by atoms with Crippen molar-refractivity contribution >= 4 is 6.09 Å². The van der Waals surface area contributed by atoms with E-state index in [-0.39, 0.29) is 11.6 Å². The van der Waals surface area contributed by atoms with Gasteiger partial charge >= 0.3 is 6.09 Å². The predicted octanol–water partition coefficient (Wildman–Crippen LogP) is 0.247. The third-order valence-corrected chi connectivity index (χ3v) is 3.18. The van der Waals surface area contributed by atoms with Gasteiger partial charge in [0.1, 0.15) is 0 Å². The third kappa shape index (κ3) is 1.69. The van der Waals surface area contributed by atoms with Crippen molar-refractivity contribution in [3.8, 4) is 0 Å². The van der Waals surface area contributed by atoms with E-state index in [1.54, 1.807) is 0 Å². The van der Waals surface area contributed by atoms with Crippen molar-refractivity contribution in [1.82, 2.24) is 4.90 Å². The lowest BCUT2D eigenvalue weighted by atomic mass is 9.88. The van der Waals surface area contributed by atoms with Gasteiger partial charge in [-0.3, -0.25) is 0 Å². The minimum atomic E-state index is -0.831. The molecule has 2 fully saturated rings. The molecule has 2 rings (SSSR count). The molecule has 1 spiro atoms. The summed E-state index contributed by atoms with van der Waals surface area (Å²) in [6.07, 6.45) is 1.61. The second-order valence-corrected chi connectivity index (χ2v) is 4.23. The van der Waals surface area contributed by atoms with Crippen molar-refractivity contribution in [2.75, 3.05) is 19.7 Å². The van der Waals surface area contributed by atoms with Crippen LogP contribution in [-0.2, 0) is 4.74 Å². The number of carbonyl (C=O) groups is 1. The van der Waals surface area contributed by atoms with Gasteiger partial charge in [0.05, 0.1) is 12.2 Å². The molecule has 2 aliphatic rings. The molecule has 0 aromatic rings. The first-order chi connectivity index (χ1) is 6.61. The molecule has 1 amide bonds. The molecule has 0 bridgehead atoms. The molecule has 14 heavy (non-hydrogen) atoms. The Morgan fingerprint density at radius 2 is 2.14 bits per heavy atom. The van der Waals surface area contributed by atoms with E-state index in [2.05, 4.69) is 0 Å². The first-order valence-electron chi connectivity index (χ1n) is 4.99. The molecule has 2 saturated heterocycles. The van der Waals surface area contributed by atoms with Crippen LogP contribution in [0.3, 0.4) is 0 Å². The Hall–Kier alpha value is -0.810. The second kappa shape index (κ2) is 3.40. The average molecular weight is 200 g/mol. The maximum absolute atomic E-state index is 10.7. The highest BCUT2D eigenvalue weighted by molar-refractivity contribution is 5.65. The first-order valence-corrected chi connectivity index (χ1v) is 4.99. The molecule has 2 aliphatic heterocycles. The number of hydrogen-bond acceptors (Lipinski definition) is 3. The minimum absolute atomic E-state index is 0.120. The summed E-state index contributed by atoms with van der Waals surface area (Å²) in [5, 5.41) is 8.78. The highest BCUT2D eigenvalue weighted by Gasteiger charge is 2.42. The fraction of sp³-hybridized carbons (Fsp3) is 0.889. The lowest BCUT2D eigenvalue weighted by Gasteiger charge is -2.37. The van der Waals surface area contributed by atoms with Gasteiger partial charge in [0.25, 0.3) is 0 Å². The highest BCUT2D eigenvalue weighted by atomic mass is 16.5. The van der Waals surface area contributed by atoms with Gasteiger partial charge < -0.3 is 20.5 Å². The fourth-order valence-corrected chi connectivity index (χ4v) is 2.33. The summed E-state index contributed by atoms with van der Waals surface area (Å²) in [7, 11) is 0. The number of rotatable bonds is 0. The summed E-state index contributed by atoms with van der Waals surface area (Å²) in [5.41, 5.74) is 5.66. The molecule has 3 N–H and O–H groups in total. The number of nitrogens with zero attached hydrogens (tertiary/aromatic N) is 1. The van der Waals surface area contributed by atoms with Crippen LogP contribution in [0.1, 0.15) is 19.3 Å². The molecule has 0 unspecified atom stereocenters. The van der Waals surface area contributed by atoms with E-state index in [4.69, 9.17) is 15.6 Å². The molecular formula is C9H16N2O3. The maximum atomic E-state index is 10.7. The van der Waals surface area contributed by atoms with Gasteiger partial charge in [-0.15, -0.1) is 0 Å². The van der Waals surface area contributed by atoms with E-state index in [1.165, 1.54) is 4.90 Å². The molecule has 0 aromatic heterocycles. The smallest absolute Gasteiger partial charge is 0.407 e. The van der Waals surface area contributed by atoms with Gasteiger partial charge in [-0.2, -0.15) is 0 Å². The molecule has 0 aliphatic carbocycles. The Balaban J connectivity index is 1.92. The summed E-state index contributed by atoms with van der Waals surface area (Å²) in [5.74, 6) is 0. The van der Waals surface area contributed by atoms with Crippen LogP contribution in [0, 0.1) is 0 Å². The number of nitrogens with two attached hydrogens (primary N) is 1. The Bertz CT molecular complexity index is 236. The summed E-state index contributed by atoms with van der Waals surface area (Å²) < 4.78 is 5.68. The SMILES string of the molecule is N[C@H]1COC2(CCN(C(=O)O)CC2)C1. The van der Waals surface area contributed by atoms with E-state index in [1.807, 2.05) is 0 Å². The van der Waals surface area contributed by atoms with Crippen molar-refractivity contribution in [3.05, 3.63) is 0 Å². The normalized spacial score (nSPS) is 30.9. The van der Waals surface area contributed by atoms with Gasteiger partial charge in [0.15, 0.2) is 0 Å². The predicted molar refractivity (Wildman–Crippen MR) is 50.1 cm³/mol. The Morgan fingerprint density at radius 1 is 1.50 bits per heavy atom. The zero-order valence-electron chi connectivity index (χ0n) is 8.11. The molecule has 0 radical (unpaired) electrons. The summed E-state index contributed by atoms with van der Waals surface area (Å²) in [6.45, 7) is 1.76. The number of carboxylic acid groups (broad SMARTS) is 1. The van der Waals surface area contributed by atoms with Crippen LogP contribution < -0.4 is 5.73 Å². The van der Waals surface area contributed by atoms with Crippen molar-refractivity contribution in [2.45, 2.75) is 30.9 Å². The molecule has 5 nitrogen and oxygen atoms in total. The monoisotopic (exact) mass is 200 g/mol. The molecule has 5 heteroatoms. The Labute approximate surface area is 82.8 Å². The zero-order valence-corrected chi connectivity index (χ0v) is 8.11. The van der Waals surface area contributed by atoms with E-state index in [0.29, 0.717) is 19.7 Å². The first kappa shape index (κ1) is 9.73. The van der Waals surface area contributed by atoms with E-state index in [9.17, 15) is 4.79 Å². The summed E-state index contributed by atoms with van der Waals surface area (Å²) in [4.78, 5) is 12.1. The van der Waals surface area contributed by atoms with Crippen LogP contribution in [0.5, 0.6) is 0 Å². The van der Waals surface area contributed by atoms with Crippen molar-refractivity contribution < 1.29 is 14.6 Å². The molecule has 2 heterocycles. The largest absolute Gasteiger partial charge is 0.465 e. The fourth-order valence-electron chi connectivity index (χ4n) is 2.33. The van der Waals surface area contributed by atoms with Gasteiger partial charge in [0, 0.05) is 19.1 Å². The van der Waals surface area contributed by atoms with Gasteiger partial charge in [-0.1, -0.05) is 0 Å². The van der Waals surface area contributed by atoms with Crippen molar-refractivity contribution in [2.24, 2.45) is 5.73 Å². The number of amides is 1. The molecule has 0 aromatic carbocycles. The Morgan fingerprint density at radius 3 is 2.57 bits per heavy atom. The highest BCUT2D eigenvalue weighted by Crippen LogP contribution is 2.35. The quantitative estimate of drug-likeness (QED) is 0.587. The van der Waals surface area contributed by atoms with Crippen LogP contribution in [0.2, 0.25) is 0 Å². The number of likely N-dealkylation sites (tertiary alicyclic amines) is 1. The van der Waals surface area contributed by atoms with Crippen LogP contribution in [0.25, 0.3) is 0 Å². The van der Waals surface area contributed by atoms with E-state index < -0.39 is 6.09 Å². The van der Waals surface area contributed by atoms with Crippen LogP contribution in [0.4, 0.5) is 4.79 Å². The van der Waals surface area contributed by atoms with E-state index in [0.717, 1.165) is 19.3 Å². The van der Waals surface area contributed by atoms with Gasteiger partial charge in [-0.05, 0) is 19.3 Å². The summed E-state index contributed by atoms with van der Waals surface area (Å²) >= 11 is 0. The lowest BCUT2D eigenvalue weighted by Crippen LogP contribution is -2.46. The van der Waals surface area contributed by atoms with Crippen LogP contribution in [0.15, 0.2) is 0 Å². The van der Waals surface area contributed by atoms with Crippen LogP contribution >= 0.6 is 0 Å². The standard InChI is InChI=1S/C9H16N2O3/c10-7-5-9(14-6-7)1-3-11(4-2-9)8(12)13/h7H,1-6,10H2,(H,12,13)/t7-/m1/s1. The van der Waals surface area contributed by atoms with Crippen molar-refractivity contribution in [1.29, 1.82) is 0 Å². The third-order valence-electron chi connectivity index (χ3n) is 3.18. The number of ether oxygens (including phenoxy) is 1. The number of piperidine rings is 1. The molecule has 1 atom stereocenters. The average Bonchev–Trinajstić information content (AvgIpc) is 2.48. The second-order valence-electron chi connectivity index (χ2n) is 4.23. The maximum Gasteiger partial charge on any atom is 0.407 e. The van der Waals surface area contributed by atoms with E-state index >= 15 is 0 Å². The lowest BCUT2D eigenvalue weighted by molar-refractivity contribution is -0.0394. The molecule has 0 saturated carbocycles. The molecular weight excluding hydrogens is 184 g/mol. The zero-order chi connectivity index (χ0) is 10.2. The topological polar surface area (TPSA) is 75.8 Å². The van der Waals surface area contributed by atoms with Gasteiger partial charge in [0.2, 0.25) is 0 Å².